The SMILES string of the molecule is C=C1CC(C)C(=C)C1C(C)C. The first-order valence-corrected chi connectivity index (χ1v) is 4.40. The molecule has 0 saturated heterocycles. The molecule has 1 saturated carbocycles. The molecule has 11 heavy (non-hydrogen) atoms. The summed E-state index contributed by atoms with van der Waals surface area (Å²) >= 11 is 0. The maximum Gasteiger partial charge on any atom is 0.00276 e. The van der Waals surface area contributed by atoms with Gasteiger partial charge < -0.3 is 0 Å². The summed E-state index contributed by atoms with van der Waals surface area (Å²) in [6, 6.07) is 0. The molecule has 0 aromatic heterocycles. The zero-order valence-electron chi connectivity index (χ0n) is 7.85. The lowest BCUT2D eigenvalue weighted by Crippen LogP contribution is -2.07. The summed E-state index contributed by atoms with van der Waals surface area (Å²) in [6.07, 6.45) is 1.15. The van der Waals surface area contributed by atoms with Crippen LogP contribution in [0.1, 0.15) is 27.2 Å². The summed E-state index contributed by atoms with van der Waals surface area (Å²) in [6.45, 7) is 15.0. The second-order valence-corrected chi connectivity index (χ2v) is 4.06. The van der Waals surface area contributed by atoms with Crippen LogP contribution >= 0.6 is 0 Å². The maximum absolute atomic E-state index is 4.13. The van der Waals surface area contributed by atoms with E-state index in [2.05, 4.69) is 33.9 Å². The Hall–Kier alpha value is -0.520. The van der Waals surface area contributed by atoms with Gasteiger partial charge in [0.1, 0.15) is 0 Å². The highest BCUT2D eigenvalue weighted by Gasteiger charge is 2.30. The Balaban J connectivity index is 2.80. The fraction of sp³-hybridized carbons (Fsp3) is 0.636. The van der Waals surface area contributed by atoms with Crippen LogP contribution in [0.4, 0.5) is 0 Å². The van der Waals surface area contributed by atoms with Crippen LogP contribution in [0.3, 0.4) is 0 Å². The van der Waals surface area contributed by atoms with Gasteiger partial charge in [-0.05, 0) is 18.3 Å². The molecular weight excluding hydrogens is 132 g/mol. The Morgan fingerprint density at radius 2 is 1.91 bits per heavy atom. The molecule has 1 aliphatic carbocycles. The largest absolute Gasteiger partial charge is 0.0992 e. The van der Waals surface area contributed by atoms with Gasteiger partial charge >= 0.3 is 0 Å². The van der Waals surface area contributed by atoms with Gasteiger partial charge in [0.2, 0.25) is 0 Å². The zero-order valence-corrected chi connectivity index (χ0v) is 7.85. The maximum atomic E-state index is 4.13. The molecule has 0 aliphatic heterocycles. The first-order chi connectivity index (χ1) is 5.04. The molecule has 1 fully saturated rings. The molecule has 0 N–H and O–H groups in total. The fourth-order valence-electron chi connectivity index (χ4n) is 2.12. The summed E-state index contributed by atoms with van der Waals surface area (Å²) in [7, 11) is 0. The Kier molecular flexibility index (Phi) is 2.22. The van der Waals surface area contributed by atoms with Crippen molar-refractivity contribution in [2.45, 2.75) is 27.2 Å². The minimum atomic E-state index is 0.588. The smallest absolute Gasteiger partial charge is 0.00276 e. The molecule has 1 rings (SSSR count). The lowest BCUT2D eigenvalue weighted by atomic mass is 9.88. The average Bonchev–Trinajstić information content (AvgIpc) is 2.07. The average molecular weight is 150 g/mol. The van der Waals surface area contributed by atoms with Crippen LogP contribution in [0.25, 0.3) is 0 Å². The molecule has 0 heteroatoms. The van der Waals surface area contributed by atoms with Gasteiger partial charge in [0, 0.05) is 5.92 Å². The highest BCUT2D eigenvalue weighted by molar-refractivity contribution is 5.27. The highest BCUT2D eigenvalue weighted by atomic mass is 14.3. The van der Waals surface area contributed by atoms with E-state index in [1.807, 2.05) is 0 Å². The van der Waals surface area contributed by atoms with Crippen molar-refractivity contribution in [3.8, 4) is 0 Å². The van der Waals surface area contributed by atoms with Crippen molar-refractivity contribution in [3.63, 3.8) is 0 Å². The van der Waals surface area contributed by atoms with Gasteiger partial charge in [0.15, 0.2) is 0 Å². The minimum Gasteiger partial charge on any atom is -0.0992 e. The van der Waals surface area contributed by atoms with Gasteiger partial charge in [0.25, 0.3) is 0 Å². The number of hydrogen-bond acceptors (Lipinski definition) is 0. The van der Waals surface area contributed by atoms with Crippen LogP contribution in [-0.4, -0.2) is 0 Å². The van der Waals surface area contributed by atoms with E-state index in [0.29, 0.717) is 17.8 Å². The summed E-state index contributed by atoms with van der Waals surface area (Å²) in [5, 5.41) is 0. The normalized spacial score (nSPS) is 32.0. The van der Waals surface area contributed by atoms with E-state index in [1.165, 1.54) is 11.1 Å². The van der Waals surface area contributed by atoms with Crippen molar-refractivity contribution in [3.05, 3.63) is 24.3 Å². The van der Waals surface area contributed by atoms with E-state index < -0.39 is 0 Å². The van der Waals surface area contributed by atoms with E-state index in [-0.39, 0.29) is 0 Å². The molecule has 2 unspecified atom stereocenters. The zero-order chi connectivity index (χ0) is 8.59. The molecule has 1 aliphatic rings. The van der Waals surface area contributed by atoms with Crippen molar-refractivity contribution >= 4 is 0 Å². The van der Waals surface area contributed by atoms with Crippen LogP contribution in [0, 0.1) is 17.8 Å². The Bertz CT molecular complexity index is 186. The third kappa shape index (κ3) is 1.40. The molecule has 0 aromatic carbocycles. The second kappa shape index (κ2) is 2.84. The molecule has 2 atom stereocenters. The van der Waals surface area contributed by atoms with E-state index in [1.54, 1.807) is 0 Å². The summed E-state index contributed by atoms with van der Waals surface area (Å²) in [5.41, 5.74) is 2.78. The van der Waals surface area contributed by atoms with E-state index in [0.717, 1.165) is 6.42 Å². The fourth-order valence-corrected chi connectivity index (χ4v) is 2.12. The van der Waals surface area contributed by atoms with E-state index in [4.69, 9.17) is 0 Å². The lowest BCUT2D eigenvalue weighted by Gasteiger charge is -2.17. The second-order valence-electron chi connectivity index (χ2n) is 4.06. The Labute approximate surface area is 70.0 Å². The molecule has 0 nitrogen and oxygen atoms in total. The van der Waals surface area contributed by atoms with Gasteiger partial charge in [-0.2, -0.15) is 0 Å². The van der Waals surface area contributed by atoms with E-state index in [9.17, 15) is 0 Å². The van der Waals surface area contributed by atoms with Crippen molar-refractivity contribution in [1.82, 2.24) is 0 Å². The van der Waals surface area contributed by atoms with Crippen molar-refractivity contribution in [2.24, 2.45) is 17.8 Å². The van der Waals surface area contributed by atoms with Gasteiger partial charge in [-0.3, -0.25) is 0 Å². The van der Waals surface area contributed by atoms with Gasteiger partial charge in [-0.25, -0.2) is 0 Å². The number of allylic oxidation sites excluding steroid dienone is 2. The quantitative estimate of drug-likeness (QED) is 0.502. The molecule has 0 heterocycles. The number of hydrogen-bond donors (Lipinski definition) is 0. The summed E-state index contributed by atoms with van der Waals surface area (Å²) in [4.78, 5) is 0. The van der Waals surface area contributed by atoms with Crippen molar-refractivity contribution in [2.75, 3.05) is 0 Å². The molecular formula is C11H18. The Morgan fingerprint density at radius 1 is 1.36 bits per heavy atom. The van der Waals surface area contributed by atoms with Crippen LogP contribution in [-0.2, 0) is 0 Å². The molecule has 0 spiro atoms. The van der Waals surface area contributed by atoms with Crippen LogP contribution in [0.5, 0.6) is 0 Å². The van der Waals surface area contributed by atoms with Crippen LogP contribution < -0.4 is 0 Å². The Morgan fingerprint density at radius 3 is 2.09 bits per heavy atom. The summed E-state index contributed by atoms with van der Waals surface area (Å²) < 4.78 is 0. The molecule has 62 valence electrons. The molecule has 0 radical (unpaired) electrons. The predicted molar refractivity (Wildman–Crippen MR) is 50.4 cm³/mol. The lowest BCUT2D eigenvalue weighted by molar-refractivity contribution is 0.515. The highest BCUT2D eigenvalue weighted by Crippen LogP contribution is 2.42. The van der Waals surface area contributed by atoms with Crippen molar-refractivity contribution in [1.29, 1.82) is 0 Å². The number of rotatable bonds is 1. The first kappa shape index (κ1) is 8.58. The molecule has 0 aromatic rings. The third-order valence-corrected chi connectivity index (χ3v) is 2.71. The van der Waals surface area contributed by atoms with Gasteiger partial charge in [0.05, 0.1) is 0 Å². The first-order valence-electron chi connectivity index (χ1n) is 4.40. The van der Waals surface area contributed by atoms with E-state index >= 15 is 0 Å². The van der Waals surface area contributed by atoms with Crippen LogP contribution in [0.15, 0.2) is 24.3 Å². The molecule has 0 amide bonds. The summed E-state index contributed by atoms with van der Waals surface area (Å²) in [5.74, 6) is 1.93. The minimum absolute atomic E-state index is 0.588. The third-order valence-electron chi connectivity index (χ3n) is 2.71. The monoisotopic (exact) mass is 150 g/mol. The topological polar surface area (TPSA) is 0 Å². The standard InChI is InChI=1S/C11H18/c1-7(2)11-9(4)6-8(3)10(11)5/h7-8,11H,4-6H2,1-3H3. The predicted octanol–water partition coefficient (Wildman–Crippen LogP) is 3.41. The van der Waals surface area contributed by atoms with Crippen LogP contribution in [0.2, 0.25) is 0 Å². The van der Waals surface area contributed by atoms with Gasteiger partial charge in [-0.1, -0.05) is 45.1 Å². The van der Waals surface area contributed by atoms with Crippen molar-refractivity contribution < 1.29 is 0 Å². The van der Waals surface area contributed by atoms with Gasteiger partial charge in [-0.15, -0.1) is 0 Å². The molecule has 0 bridgehead atoms.